The van der Waals surface area contributed by atoms with Gasteiger partial charge in [0.05, 0.1) is 0 Å². The Morgan fingerprint density at radius 1 is 1.25 bits per heavy atom. The fourth-order valence-corrected chi connectivity index (χ4v) is 3.48. The summed E-state index contributed by atoms with van der Waals surface area (Å²) in [5.41, 5.74) is 0.184. The van der Waals surface area contributed by atoms with Crippen molar-refractivity contribution in [2.45, 2.75) is 58.3 Å². The number of hydrogen-bond acceptors (Lipinski definition) is 4. The van der Waals surface area contributed by atoms with Gasteiger partial charge in [-0.3, -0.25) is 4.90 Å². The van der Waals surface area contributed by atoms with Crippen molar-refractivity contribution in [3.63, 3.8) is 0 Å². The van der Waals surface area contributed by atoms with Crippen molar-refractivity contribution in [2.75, 3.05) is 20.3 Å². The monoisotopic (exact) mass is 296 g/mol. The molecular formula is C16H28N2OS. The lowest BCUT2D eigenvalue weighted by atomic mass is 10.1. The van der Waals surface area contributed by atoms with Crippen LogP contribution in [-0.4, -0.2) is 36.7 Å². The zero-order valence-electron chi connectivity index (χ0n) is 13.2. The van der Waals surface area contributed by atoms with Gasteiger partial charge in [0, 0.05) is 47.6 Å². The van der Waals surface area contributed by atoms with Crippen molar-refractivity contribution in [3.8, 4) is 0 Å². The predicted molar refractivity (Wildman–Crippen MR) is 86.2 cm³/mol. The Balaban J connectivity index is 1.82. The van der Waals surface area contributed by atoms with E-state index in [1.807, 2.05) is 11.3 Å². The molecule has 20 heavy (non-hydrogen) atoms. The van der Waals surface area contributed by atoms with Crippen LogP contribution in [0.15, 0.2) is 12.1 Å². The number of nitrogens with one attached hydrogen (secondary N) is 1. The van der Waals surface area contributed by atoms with Gasteiger partial charge in [-0.25, -0.2) is 0 Å². The van der Waals surface area contributed by atoms with Crippen LogP contribution in [0.3, 0.4) is 0 Å². The van der Waals surface area contributed by atoms with E-state index >= 15 is 0 Å². The first-order valence-electron chi connectivity index (χ1n) is 7.55. The van der Waals surface area contributed by atoms with Crippen molar-refractivity contribution in [3.05, 3.63) is 21.9 Å². The van der Waals surface area contributed by atoms with Crippen molar-refractivity contribution < 1.29 is 4.74 Å². The van der Waals surface area contributed by atoms with Crippen LogP contribution in [0, 0.1) is 0 Å². The standard InChI is InChI=1S/C16H28N2OS/c1-16(2,3)17-11-14-5-6-15(20-14)12-18(4)13-7-9-19-10-8-13/h5-6,13,17H,7-12H2,1-4H3. The summed E-state index contributed by atoms with van der Waals surface area (Å²) in [5, 5.41) is 3.55. The van der Waals surface area contributed by atoms with Crippen LogP contribution in [0.25, 0.3) is 0 Å². The van der Waals surface area contributed by atoms with Gasteiger partial charge in [0.15, 0.2) is 0 Å². The van der Waals surface area contributed by atoms with E-state index in [9.17, 15) is 0 Å². The maximum Gasteiger partial charge on any atom is 0.0480 e. The molecule has 1 aliphatic rings. The fraction of sp³-hybridized carbons (Fsp3) is 0.750. The average molecular weight is 296 g/mol. The molecule has 1 aliphatic heterocycles. The molecule has 2 rings (SSSR count). The SMILES string of the molecule is CN(Cc1ccc(CNC(C)(C)C)s1)C1CCOCC1. The minimum Gasteiger partial charge on any atom is -0.381 e. The summed E-state index contributed by atoms with van der Waals surface area (Å²) in [6, 6.07) is 5.22. The van der Waals surface area contributed by atoms with Crippen LogP contribution < -0.4 is 5.32 Å². The van der Waals surface area contributed by atoms with Crippen molar-refractivity contribution in [1.82, 2.24) is 10.2 Å². The number of nitrogens with zero attached hydrogens (tertiary/aromatic N) is 1. The third-order valence-electron chi connectivity index (χ3n) is 3.73. The lowest BCUT2D eigenvalue weighted by Gasteiger charge is -2.30. The maximum atomic E-state index is 5.44. The van der Waals surface area contributed by atoms with Gasteiger partial charge in [0.1, 0.15) is 0 Å². The summed E-state index contributed by atoms with van der Waals surface area (Å²) in [6.07, 6.45) is 2.33. The quantitative estimate of drug-likeness (QED) is 0.903. The summed E-state index contributed by atoms with van der Waals surface area (Å²) in [4.78, 5) is 5.37. The molecule has 1 N–H and O–H groups in total. The molecule has 1 aromatic heterocycles. The Kier molecular flexibility index (Phi) is 5.61. The van der Waals surface area contributed by atoms with E-state index in [0.717, 1.165) is 26.3 Å². The van der Waals surface area contributed by atoms with Crippen LogP contribution in [-0.2, 0) is 17.8 Å². The second-order valence-corrected chi connectivity index (χ2v) is 7.98. The summed E-state index contributed by atoms with van der Waals surface area (Å²) in [5.74, 6) is 0. The van der Waals surface area contributed by atoms with E-state index in [2.05, 4.69) is 50.2 Å². The van der Waals surface area contributed by atoms with E-state index in [4.69, 9.17) is 4.74 Å². The van der Waals surface area contributed by atoms with E-state index in [-0.39, 0.29) is 5.54 Å². The van der Waals surface area contributed by atoms with E-state index in [1.165, 1.54) is 22.6 Å². The highest BCUT2D eigenvalue weighted by Crippen LogP contribution is 2.21. The van der Waals surface area contributed by atoms with Crippen LogP contribution >= 0.6 is 11.3 Å². The zero-order valence-corrected chi connectivity index (χ0v) is 14.1. The van der Waals surface area contributed by atoms with Crippen LogP contribution in [0.1, 0.15) is 43.4 Å². The van der Waals surface area contributed by atoms with Crippen LogP contribution in [0.2, 0.25) is 0 Å². The van der Waals surface area contributed by atoms with Crippen LogP contribution in [0.4, 0.5) is 0 Å². The highest BCUT2D eigenvalue weighted by molar-refractivity contribution is 7.11. The Hall–Kier alpha value is -0.420. The molecular weight excluding hydrogens is 268 g/mol. The molecule has 0 unspecified atom stereocenters. The third-order valence-corrected chi connectivity index (χ3v) is 4.80. The molecule has 2 heterocycles. The van der Waals surface area contributed by atoms with E-state index in [1.54, 1.807) is 0 Å². The molecule has 0 aromatic carbocycles. The molecule has 0 radical (unpaired) electrons. The van der Waals surface area contributed by atoms with Gasteiger partial charge >= 0.3 is 0 Å². The predicted octanol–water partition coefficient (Wildman–Crippen LogP) is 3.25. The molecule has 4 heteroatoms. The average Bonchev–Trinajstić information content (AvgIpc) is 2.84. The smallest absolute Gasteiger partial charge is 0.0480 e. The highest BCUT2D eigenvalue weighted by atomic mass is 32.1. The van der Waals surface area contributed by atoms with Crippen molar-refractivity contribution in [2.24, 2.45) is 0 Å². The second-order valence-electron chi connectivity index (χ2n) is 6.73. The number of rotatable bonds is 5. The first-order chi connectivity index (χ1) is 9.44. The first kappa shape index (κ1) is 16.0. The largest absolute Gasteiger partial charge is 0.381 e. The normalized spacial score (nSPS) is 17.9. The Labute approximate surface area is 127 Å². The van der Waals surface area contributed by atoms with Gasteiger partial charge in [-0.05, 0) is 52.8 Å². The van der Waals surface area contributed by atoms with Gasteiger partial charge in [-0.1, -0.05) is 0 Å². The molecule has 0 saturated carbocycles. The molecule has 0 spiro atoms. The first-order valence-corrected chi connectivity index (χ1v) is 8.36. The fourth-order valence-electron chi connectivity index (χ4n) is 2.46. The second kappa shape index (κ2) is 7.03. The Morgan fingerprint density at radius 2 is 1.90 bits per heavy atom. The van der Waals surface area contributed by atoms with Crippen LogP contribution in [0.5, 0.6) is 0 Å². The van der Waals surface area contributed by atoms with E-state index < -0.39 is 0 Å². The molecule has 114 valence electrons. The van der Waals surface area contributed by atoms with Crippen molar-refractivity contribution >= 4 is 11.3 Å². The Bertz CT molecular complexity index is 405. The molecule has 1 aromatic rings. The molecule has 0 bridgehead atoms. The topological polar surface area (TPSA) is 24.5 Å². The lowest BCUT2D eigenvalue weighted by molar-refractivity contribution is 0.0410. The molecule has 0 atom stereocenters. The van der Waals surface area contributed by atoms with Gasteiger partial charge < -0.3 is 10.1 Å². The number of hydrogen-bond donors (Lipinski definition) is 1. The van der Waals surface area contributed by atoms with Gasteiger partial charge in [0.25, 0.3) is 0 Å². The van der Waals surface area contributed by atoms with Gasteiger partial charge in [0.2, 0.25) is 0 Å². The van der Waals surface area contributed by atoms with Crippen molar-refractivity contribution in [1.29, 1.82) is 0 Å². The number of thiophene rings is 1. The van der Waals surface area contributed by atoms with E-state index in [0.29, 0.717) is 6.04 Å². The minimum atomic E-state index is 0.184. The molecule has 0 aliphatic carbocycles. The number of ether oxygens (including phenoxy) is 1. The maximum absolute atomic E-state index is 5.44. The van der Waals surface area contributed by atoms with Gasteiger partial charge in [-0.15, -0.1) is 11.3 Å². The van der Waals surface area contributed by atoms with Gasteiger partial charge in [-0.2, -0.15) is 0 Å². The summed E-state index contributed by atoms with van der Waals surface area (Å²) >= 11 is 1.93. The minimum absolute atomic E-state index is 0.184. The zero-order chi connectivity index (χ0) is 14.6. The third kappa shape index (κ3) is 5.17. The molecule has 0 amide bonds. The summed E-state index contributed by atoms with van der Waals surface area (Å²) in [7, 11) is 2.24. The summed E-state index contributed by atoms with van der Waals surface area (Å²) < 4.78 is 5.44. The summed E-state index contributed by atoms with van der Waals surface area (Å²) in [6.45, 7) is 10.5. The Morgan fingerprint density at radius 3 is 2.55 bits per heavy atom. The lowest BCUT2D eigenvalue weighted by Crippen LogP contribution is -2.36. The molecule has 1 saturated heterocycles. The molecule has 3 nitrogen and oxygen atoms in total. The highest BCUT2D eigenvalue weighted by Gasteiger charge is 2.19. The molecule has 1 fully saturated rings.